The van der Waals surface area contributed by atoms with Crippen LogP contribution in [-0.4, -0.2) is 0 Å². The van der Waals surface area contributed by atoms with Crippen LogP contribution in [0.1, 0.15) is 0 Å². The molecule has 0 N–H and O–H groups in total. The Kier molecular flexibility index (Phi) is 30.8. The van der Waals surface area contributed by atoms with E-state index in [1.807, 2.05) is 0 Å². The molecular formula is C3H5O3PZn. The predicted octanol–water partition coefficient (Wildman–Crippen LogP) is -0.632. The van der Waals surface area contributed by atoms with E-state index >= 15 is 0 Å². The fraction of sp³-hybridized carbons (Fsp3) is 0. The maximum Gasteiger partial charge on any atom is 2.00 e. The first-order chi connectivity index (χ1) is 3.15. The molecule has 0 aliphatic rings. The van der Waals surface area contributed by atoms with Gasteiger partial charge >= 0.3 is 19.5 Å². The summed E-state index contributed by atoms with van der Waals surface area (Å²) >= 11 is 0. The van der Waals surface area contributed by atoms with Crippen molar-refractivity contribution in [2.75, 3.05) is 0 Å². The van der Waals surface area contributed by atoms with E-state index in [1.165, 1.54) is 6.08 Å². The zero-order chi connectivity index (χ0) is 6.28. The van der Waals surface area contributed by atoms with Crippen LogP contribution < -0.4 is 9.79 Å². The second-order valence-electron chi connectivity index (χ2n) is 0.512. The average Bonchev–Trinajstić information content (AvgIpc) is 1.33. The van der Waals surface area contributed by atoms with Crippen molar-refractivity contribution in [3.05, 3.63) is 19.6 Å². The second-order valence-corrected chi connectivity index (χ2v) is 0.959. The molecule has 0 unspecified atom stereocenters. The minimum absolute atomic E-state index is 0. The Bertz CT molecular complexity index is 61.5. The first-order valence-corrected chi connectivity index (χ1v) is 2.46. The molecule has 5 heteroatoms. The molecule has 0 bridgehead atoms. The van der Waals surface area contributed by atoms with Crippen LogP contribution in [0.2, 0.25) is 0 Å². The number of allylic oxidation sites excluding steroid dienone is 1. The normalized spacial score (nSPS) is 4.75. The van der Waals surface area contributed by atoms with E-state index < -0.39 is 8.25 Å². The van der Waals surface area contributed by atoms with Crippen LogP contribution >= 0.6 is 8.25 Å². The average molecular weight is 185 g/mol. The van der Waals surface area contributed by atoms with Gasteiger partial charge in [0, 0.05) is 0 Å². The third-order valence-electron chi connectivity index (χ3n) is 0. The minimum Gasteiger partial charge on any atom is -0.598 e. The van der Waals surface area contributed by atoms with Gasteiger partial charge in [0.25, 0.3) is 8.25 Å². The smallest absolute Gasteiger partial charge is 0.598 e. The summed E-state index contributed by atoms with van der Waals surface area (Å²) in [7, 11) is -3.37. The molecule has 0 aliphatic carbocycles. The molecule has 8 heavy (non-hydrogen) atoms. The molecule has 0 amide bonds. The zero-order valence-electron chi connectivity index (χ0n) is 4.37. The molecule has 0 saturated heterocycles. The van der Waals surface area contributed by atoms with Crippen LogP contribution in [0.15, 0.2) is 12.7 Å². The second kappa shape index (κ2) is 15.7. The van der Waals surface area contributed by atoms with E-state index in [-0.39, 0.29) is 19.5 Å². The number of rotatable bonds is 0. The van der Waals surface area contributed by atoms with E-state index in [2.05, 4.69) is 13.5 Å². The quantitative estimate of drug-likeness (QED) is 0.287. The fourth-order valence-corrected chi connectivity index (χ4v) is 0. The number of hydrogen-bond acceptors (Lipinski definition) is 3. The van der Waals surface area contributed by atoms with Crippen LogP contribution in [0.3, 0.4) is 0 Å². The predicted molar refractivity (Wildman–Crippen MR) is 23.2 cm³/mol. The first kappa shape index (κ1) is 15.7. The van der Waals surface area contributed by atoms with Gasteiger partial charge < -0.3 is 9.79 Å². The molecule has 0 spiro atoms. The Morgan fingerprint density at radius 3 is 1.62 bits per heavy atom. The van der Waals surface area contributed by atoms with Crippen molar-refractivity contribution >= 4 is 8.25 Å². The third-order valence-corrected chi connectivity index (χ3v) is 0. The van der Waals surface area contributed by atoms with Gasteiger partial charge in [-0.05, 0) is 0 Å². The molecule has 0 rings (SSSR count). The van der Waals surface area contributed by atoms with Crippen LogP contribution in [0, 0.1) is 6.92 Å². The van der Waals surface area contributed by atoms with Gasteiger partial charge in [0.05, 0.1) is 0 Å². The molecule has 0 aromatic heterocycles. The van der Waals surface area contributed by atoms with Gasteiger partial charge in [-0.25, -0.2) is 19.6 Å². The van der Waals surface area contributed by atoms with Gasteiger partial charge in [0.1, 0.15) is 0 Å². The van der Waals surface area contributed by atoms with E-state index in [0.29, 0.717) is 0 Å². The van der Waals surface area contributed by atoms with Crippen molar-refractivity contribution in [1.29, 1.82) is 0 Å². The van der Waals surface area contributed by atoms with Crippen LogP contribution in [0.4, 0.5) is 0 Å². The van der Waals surface area contributed by atoms with E-state index in [0.717, 1.165) is 0 Å². The van der Waals surface area contributed by atoms with Crippen molar-refractivity contribution < 1.29 is 33.8 Å². The SMILES string of the molecule is C=C[CH2-].O=[P+]([O-])[O-].[Zn+2]. The first-order valence-electron chi connectivity index (χ1n) is 1.36. The summed E-state index contributed by atoms with van der Waals surface area (Å²) in [6, 6.07) is 0. The molecule has 0 atom stereocenters. The molecule has 42 valence electrons. The van der Waals surface area contributed by atoms with E-state index in [4.69, 9.17) is 14.4 Å². The Morgan fingerprint density at radius 2 is 1.62 bits per heavy atom. The largest absolute Gasteiger partial charge is 2.00 e. The van der Waals surface area contributed by atoms with Crippen LogP contribution in [-0.2, 0) is 24.0 Å². The monoisotopic (exact) mass is 184 g/mol. The molecule has 0 fully saturated rings. The Labute approximate surface area is 62.1 Å². The summed E-state index contributed by atoms with van der Waals surface area (Å²) in [5.74, 6) is 0. The Hall–Kier alpha value is 0.253. The molecule has 0 aromatic rings. The van der Waals surface area contributed by atoms with E-state index in [9.17, 15) is 0 Å². The van der Waals surface area contributed by atoms with Gasteiger partial charge in [-0.15, -0.1) is 0 Å². The van der Waals surface area contributed by atoms with Crippen LogP contribution in [0.25, 0.3) is 0 Å². The van der Waals surface area contributed by atoms with E-state index in [1.54, 1.807) is 0 Å². The fourth-order valence-electron chi connectivity index (χ4n) is 0. The number of hydrogen-bond donors (Lipinski definition) is 0. The van der Waals surface area contributed by atoms with Crippen LogP contribution in [0.5, 0.6) is 0 Å². The van der Waals surface area contributed by atoms with Gasteiger partial charge in [-0.3, -0.25) is 0 Å². The van der Waals surface area contributed by atoms with Crippen molar-refractivity contribution in [2.45, 2.75) is 0 Å². The molecule has 0 radical (unpaired) electrons. The summed E-state index contributed by atoms with van der Waals surface area (Å²) in [4.78, 5) is 17.0. The standard InChI is InChI=1S/C3H5.HO3P.Zn/c1-3-2;1-4(2)3;/h3H,1-2H2;(H,1,2,3);/q-1;;+2/p-1. The molecular weight excluding hydrogens is 180 g/mol. The molecule has 0 heterocycles. The maximum absolute atomic E-state index is 8.48. The summed E-state index contributed by atoms with van der Waals surface area (Å²) in [5.41, 5.74) is 0. The van der Waals surface area contributed by atoms with Crippen molar-refractivity contribution in [3.63, 3.8) is 0 Å². The Balaban J connectivity index is -0.0000000575. The summed E-state index contributed by atoms with van der Waals surface area (Å²) in [6.07, 6.45) is 1.50. The maximum atomic E-state index is 8.48. The topological polar surface area (TPSA) is 63.2 Å². The van der Waals surface area contributed by atoms with Gasteiger partial charge in [0.15, 0.2) is 0 Å². The Morgan fingerprint density at radius 1 is 1.62 bits per heavy atom. The molecule has 3 nitrogen and oxygen atoms in total. The molecule has 0 saturated carbocycles. The van der Waals surface area contributed by atoms with Gasteiger partial charge in [0.2, 0.25) is 0 Å². The molecule has 0 aliphatic heterocycles. The summed E-state index contributed by atoms with van der Waals surface area (Å²) in [5, 5.41) is 0. The third kappa shape index (κ3) is 2690. The summed E-state index contributed by atoms with van der Waals surface area (Å²) < 4.78 is 8.48. The van der Waals surface area contributed by atoms with Crippen molar-refractivity contribution in [1.82, 2.24) is 0 Å². The van der Waals surface area contributed by atoms with Gasteiger partial charge in [-0.1, -0.05) is 4.57 Å². The minimum atomic E-state index is -3.37. The van der Waals surface area contributed by atoms with Gasteiger partial charge in [-0.2, -0.15) is 0 Å². The molecule has 0 aromatic carbocycles. The zero-order valence-corrected chi connectivity index (χ0v) is 8.23. The summed E-state index contributed by atoms with van der Waals surface area (Å²) in [6.45, 7) is 6.50. The van der Waals surface area contributed by atoms with Crippen molar-refractivity contribution in [3.8, 4) is 0 Å². The van der Waals surface area contributed by atoms with Crippen molar-refractivity contribution in [2.24, 2.45) is 0 Å².